The Morgan fingerprint density at radius 2 is 2.00 bits per heavy atom. The molecular formula is C14H22O2. The number of ether oxygens (including phenoxy) is 1. The molecule has 1 N–H and O–H groups in total. The van der Waals surface area contributed by atoms with Gasteiger partial charge in [0.2, 0.25) is 0 Å². The maximum absolute atomic E-state index is 9.65. The smallest absolute Gasteiger partial charge is 0.161 e. The van der Waals surface area contributed by atoms with Gasteiger partial charge in [0.05, 0.1) is 6.61 Å². The minimum atomic E-state index is 0.237. The Bertz CT molecular complexity index is 319. The monoisotopic (exact) mass is 222 g/mol. The van der Waals surface area contributed by atoms with Gasteiger partial charge in [0.1, 0.15) is 0 Å². The van der Waals surface area contributed by atoms with Crippen LogP contribution in [0.1, 0.15) is 51.5 Å². The second-order valence-electron chi connectivity index (χ2n) is 4.44. The fraction of sp³-hybridized carbons (Fsp3) is 0.571. The van der Waals surface area contributed by atoms with Gasteiger partial charge in [0.25, 0.3) is 0 Å². The Labute approximate surface area is 98.3 Å². The van der Waals surface area contributed by atoms with E-state index in [1.54, 1.807) is 6.07 Å². The van der Waals surface area contributed by atoms with Crippen molar-refractivity contribution in [3.05, 3.63) is 23.8 Å². The summed E-state index contributed by atoms with van der Waals surface area (Å²) in [5.74, 6) is 1.31. The Morgan fingerprint density at radius 1 is 1.25 bits per heavy atom. The highest BCUT2D eigenvalue weighted by Crippen LogP contribution is 2.29. The number of aromatic hydroxyl groups is 1. The van der Waals surface area contributed by atoms with Crippen LogP contribution in [-0.4, -0.2) is 11.7 Å². The second kappa shape index (κ2) is 6.41. The molecule has 0 unspecified atom stereocenters. The second-order valence-corrected chi connectivity index (χ2v) is 4.44. The number of benzene rings is 1. The molecular weight excluding hydrogens is 200 g/mol. The quantitative estimate of drug-likeness (QED) is 0.735. The summed E-state index contributed by atoms with van der Waals surface area (Å²) in [4.78, 5) is 0. The maximum atomic E-state index is 9.65. The zero-order valence-electron chi connectivity index (χ0n) is 10.5. The predicted molar refractivity (Wildman–Crippen MR) is 67.2 cm³/mol. The average Bonchev–Trinajstić information content (AvgIpc) is 2.26. The topological polar surface area (TPSA) is 29.5 Å². The van der Waals surface area contributed by atoms with Gasteiger partial charge < -0.3 is 9.84 Å². The lowest BCUT2D eigenvalue weighted by atomic mass is 10.0. The molecule has 0 bridgehead atoms. The molecule has 0 atom stereocenters. The molecule has 2 heteroatoms. The molecule has 1 aromatic rings. The third-order valence-corrected chi connectivity index (χ3v) is 2.66. The molecule has 0 aliphatic heterocycles. The fourth-order valence-electron chi connectivity index (χ4n) is 1.54. The molecule has 0 amide bonds. The van der Waals surface area contributed by atoms with Crippen LogP contribution in [0.25, 0.3) is 0 Å². The molecule has 2 nitrogen and oxygen atoms in total. The van der Waals surface area contributed by atoms with Gasteiger partial charge in [-0.2, -0.15) is 0 Å². The summed E-state index contributed by atoms with van der Waals surface area (Å²) in [7, 11) is 0. The Kier molecular flexibility index (Phi) is 5.17. The summed E-state index contributed by atoms with van der Waals surface area (Å²) in [5.41, 5.74) is 1.20. The van der Waals surface area contributed by atoms with Gasteiger partial charge in [-0.05, 0) is 30.0 Å². The zero-order valence-corrected chi connectivity index (χ0v) is 10.5. The molecule has 0 radical (unpaired) electrons. The van der Waals surface area contributed by atoms with Crippen molar-refractivity contribution in [1.82, 2.24) is 0 Å². The lowest BCUT2D eigenvalue weighted by Gasteiger charge is -2.11. The van der Waals surface area contributed by atoms with Crippen LogP contribution in [0.15, 0.2) is 18.2 Å². The number of rotatable bonds is 6. The van der Waals surface area contributed by atoms with Crippen LogP contribution < -0.4 is 4.74 Å². The largest absolute Gasteiger partial charge is 0.504 e. The van der Waals surface area contributed by atoms with Gasteiger partial charge in [-0.1, -0.05) is 39.7 Å². The molecule has 0 aliphatic carbocycles. The van der Waals surface area contributed by atoms with Gasteiger partial charge in [0.15, 0.2) is 11.5 Å². The van der Waals surface area contributed by atoms with Crippen molar-refractivity contribution in [3.8, 4) is 11.5 Å². The summed E-state index contributed by atoms with van der Waals surface area (Å²) in [6, 6.07) is 5.59. The SMILES string of the molecule is CCCCCOc1cc(C(C)C)ccc1O. The molecule has 0 spiro atoms. The minimum absolute atomic E-state index is 0.237. The van der Waals surface area contributed by atoms with Crippen LogP contribution in [0, 0.1) is 0 Å². The van der Waals surface area contributed by atoms with Gasteiger partial charge in [-0.15, -0.1) is 0 Å². The van der Waals surface area contributed by atoms with Crippen LogP contribution in [0.2, 0.25) is 0 Å². The number of unbranched alkanes of at least 4 members (excludes halogenated alkanes) is 2. The van der Waals surface area contributed by atoms with Gasteiger partial charge in [-0.25, -0.2) is 0 Å². The Hall–Kier alpha value is -1.18. The zero-order chi connectivity index (χ0) is 12.0. The molecule has 0 fully saturated rings. The van der Waals surface area contributed by atoms with E-state index >= 15 is 0 Å². The van der Waals surface area contributed by atoms with E-state index in [0.29, 0.717) is 18.3 Å². The molecule has 0 aromatic heterocycles. The standard InChI is InChI=1S/C14H22O2/c1-4-5-6-9-16-14-10-12(11(2)3)7-8-13(14)15/h7-8,10-11,15H,4-6,9H2,1-3H3. The van der Waals surface area contributed by atoms with Crippen LogP contribution in [0.4, 0.5) is 0 Å². The number of hydrogen-bond acceptors (Lipinski definition) is 2. The first kappa shape index (κ1) is 12.9. The minimum Gasteiger partial charge on any atom is -0.504 e. The molecule has 1 rings (SSSR count). The molecule has 0 heterocycles. The van der Waals surface area contributed by atoms with Crippen molar-refractivity contribution in [2.75, 3.05) is 6.61 Å². The summed E-state index contributed by atoms with van der Waals surface area (Å²) < 4.78 is 5.58. The lowest BCUT2D eigenvalue weighted by Crippen LogP contribution is -1.98. The number of phenols is 1. The molecule has 1 aromatic carbocycles. The van der Waals surface area contributed by atoms with E-state index in [-0.39, 0.29) is 5.75 Å². The van der Waals surface area contributed by atoms with E-state index in [0.717, 1.165) is 6.42 Å². The summed E-state index contributed by atoms with van der Waals surface area (Å²) >= 11 is 0. The highest BCUT2D eigenvalue weighted by Gasteiger charge is 2.06. The Morgan fingerprint density at radius 3 is 2.62 bits per heavy atom. The normalized spacial score (nSPS) is 10.8. The summed E-state index contributed by atoms with van der Waals surface area (Å²) in [6.07, 6.45) is 3.40. The van der Waals surface area contributed by atoms with Gasteiger partial charge in [-0.3, -0.25) is 0 Å². The first-order chi connectivity index (χ1) is 7.65. The summed E-state index contributed by atoms with van der Waals surface area (Å²) in [6.45, 7) is 7.11. The van der Waals surface area contributed by atoms with E-state index in [4.69, 9.17) is 4.74 Å². The molecule has 0 saturated heterocycles. The van der Waals surface area contributed by atoms with Crippen molar-refractivity contribution in [3.63, 3.8) is 0 Å². The van der Waals surface area contributed by atoms with E-state index in [9.17, 15) is 5.11 Å². The first-order valence-electron chi connectivity index (χ1n) is 6.10. The Balaban J connectivity index is 2.60. The van der Waals surface area contributed by atoms with E-state index in [2.05, 4.69) is 20.8 Å². The fourth-order valence-corrected chi connectivity index (χ4v) is 1.54. The van der Waals surface area contributed by atoms with Crippen LogP contribution in [0.5, 0.6) is 11.5 Å². The predicted octanol–water partition coefficient (Wildman–Crippen LogP) is 4.08. The van der Waals surface area contributed by atoms with E-state index in [1.807, 2.05) is 12.1 Å². The van der Waals surface area contributed by atoms with Crippen molar-refractivity contribution in [1.29, 1.82) is 0 Å². The number of hydrogen-bond donors (Lipinski definition) is 1. The van der Waals surface area contributed by atoms with Crippen LogP contribution in [0.3, 0.4) is 0 Å². The molecule has 0 saturated carbocycles. The highest BCUT2D eigenvalue weighted by atomic mass is 16.5. The van der Waals surface area contributed by atoms with Gasteiger partial charge in [0, 0.05) is 0 Å². The molecule has 0 aliphatic rings. The molecule has 90 valence electrons. The lowest BCUT2D eigenvalue weighted by molar-refractivity contribution is 0.290. The van der Waals surface area contributed by atoms with E-state index < -0.39 is 0 Å². The van der Waals surface area contributed by atoms with Crippen molar-refractivity contribution >= 4 is 0 Å². The third kappa shape index (κ3) is 3.76. The average molecular weight is 222 g/mol. The summed E-state index contributed by atoms with van der Waals surface area (Å²) in [5, 5.41) is 9.65. The first-order valence-corrected chi connectivity index (χ1v) is 6.10. The van der Waals surface area contributed by atoms with Gasteiger partial charge >= 0.3 is 0 Å². The highest BCUT2D eigenvalue weighted by molar-refractivity contribution is 5.42. The van der Waals surface area contributed by atoms with Crippen molar-refractivity contribution in [2.24, 2.45) is 0 Å². The molecule has 16 heavy (non-hydrogen) atoms. The van der Waals surface area contributed by atoms with Crippen molar-refractivity contribution < 1.29 is 9.84 Å². The van der Waals surface area contributed by atoms with Crippen LogP contribution in [-0.2, 0) is 0 Å². The maximum Gasteiger partial charge on any atom is 0.161 e. The third-order valence-electron chi connectivity index (χ3n) is 2.66. The number of phenolic OH excluding ortho intramolecular Hbond substituents is 1. The van der Waals surface area contributed by atoms with Crippen molar-refractivity contribution in [2.45, 2.75) is 46.0 Å². The van der Waals surface area contributed by atoms with Crippen LogP contribution >= 0.6 is 0 Å². The van der Waals surface area contributed by atoms with E-state index in [1.165, 1.54) is 18.4 Å².